The number of methoxy groups -OCH3 is 1. The van der Waals surface area contributed by atoms with Crippen molar-refractivity contribution in [3.63, 3.8) is 0 Å². The maximum absolute atomic E-state index is 5.91. The summed E-state index contributed by atoms with van der Waals surface area (Å²) in [7, 11) is 3.42. The molecule has 0 amide bonds. The first-order valence-corrected chi connectivity index (χ1v) is 10.7. The van der Waals surface area contributed by atoms with Gasteiger partial charge in [0.2, 0.25) is 0 Å². The second-order valence-corrected chi connectivity index (χ2v) is 7.40. The number of ether oxygens (including phenoxy) is 4. The average Bonchev–Trinajstić information content (AvgIpc) is 3.14. The topological polar surface area (TPSA) is 73.3 Å². The third-order valence-corrected chi connectivity index (χ3v) is 4.99. The lowest BCUT2D eigenvalue weighted by molar-refractivity contribution is 0.146. The zero-order valence-corrected chi connectivity index (χ0v) is 21.6. The van der Waals surface area contributed by atoms with E-state index in [0.29, 0.717) is 32.9 Å². The molecule has 2 aromatic rings. The summed E-state index contributed by atoms with van der Waals surface area (Å²) < 4.78 is 22.4. The van der Waals surface area contributed by atoms with E-state index in [1.54, 1.807) is 14.2 Å². The summed E-state index contributed by atoms with van der Waals surface area (Å²) in [5, 5.41) is 6.71. The smallest absolute Gasteiger partial charge is 0.191 e. The highest BCUT2D eigenvalue weighted by molar-refractivity contribution is 14.0. The first-order chi connectivity index (χ1) is 15.1. The van der Waals surface area contributed by atoms with Crippen molar-refractivity contribution in [2.75, 3.05) is 34.0 Å². The molecular formula is C24H34IN3O4. The Labute approximate surface area is 207 Å². The number of hydrogen-bond acceptors (Lipinski definition) is 5. The molecule has 1 atom stereocenters. The molecule has 0 bridgehead atoms. The fraction of sp³-hybridized carbons (Fsp3) is 0.458. The Morgan fingerprint density at radius 1 is 1.09 bits per heavy atom. The fourth-order valence-electron chi connectivity index (χ4n) is 3.44. The number of aliphatic imine (C=N–C) groups is 1. The number of nitrogens with one attached hydrogen (secondary N) is 2. The zero-order chi connectivity index (χ0) is 22.1. The van der Waals surface area contributed by atoms with Crippen LogP contribution in [0.4, 0.5) is 0 Å². The normalized spacial score (nSPS) is 14.8. The highest BCUT2D eigenvalue weighted by Gasteiger charge is 2.21. The highest BCUT2D eigenvalue weighted by atomic mass is 127. The van der Waals surface area contributed by atoms with Gasteiger partial charge in [-0.05, 0) is 43.7 Å². The van der Waals surface area contributed by atoms with E-state index in [4.69, 9.17) is 18.9 Å². The summed E-state index contributed by atoms with van der Waals surface area (Å²) in [6, 6.07) is 12.2. The Morgan fingerprint density at radius 3 is 2.53 bits per heavy atom. The van der Waals surface area contributed by atoms with Crippen LogP contribution in [0, 0.1) is 0 Å². The average molecular weight is 555 g/mol. The SMILES string of the molecule is CCOc1cc2c(cc1CNC(=NC)NCc1ccc(OCCOC)cc1)OC(C)C2.I. The largest absolute Gasteiger partial charge is 0.494 e. The number of benzene rings is 2. The van der Waals surface area contributed by atoms with E-state index in [-0.39, 0.29) is 30.1 Å². The summed E-state index contributed by atoms with van der Waals surface area (Å²) in [6.07, 6.45) is 1.13. The maximum Gasteiger partial charge on any atom is 0.191 e. The molecule has 1 aliphatic rings. The lowest BCUT2D eigenvalue weighted by atomic mass is 10.1. The van der Waals surface area contributed by atoms with Crippen LogP contribution >= 0.6 is 24.0 Å². The minimum atomic E-state index is 0. The Morgan fingerprint density at radius 2 is 1.84 bits per heavy atom. The van der Waals surface area contributed by atoms with Crippen molar-refractivity contribution in [3.8, 4) is 17.2 Å². The summed E-state index contributed by atoms with van der Waals surface area (Å²) in [4.78, 5) is 4.33. The molecule has 176 valence electrons. The standard InChI is InChI=1S/C24H33N3O4.HI/c1-5-29-22-13-19-12-17(2)31-23(19)14-20(22)16-27-24(25-3)26-15-18-6-8-21(9-7-18)30-11-10-28-4;/h6-9,13-14,17H,5,10-12,15-16H2,1-4H3,(H2,25,26,27);1H. The monoisotopic (exact) mass is 555 g/mol. The molecule has 0 aromatic heterocycles. The Kier molecular flexibility index (Phi) is 10.9. The van der Waals surface area contributed by atoms with E-state index in [2.05, 4.69) is 34.7 Å². The molecule has 8 heteroatoms. The predicted molar refractivity (Wildman–Crippen MR) is 138 cm³/mol. The second-order valence-electron chi connectivity index (χ2n) is 7.40. The van der Waals surface area contributed by atoms with Crippen LogP contribution in [-0.4, -0.2) is 46.0 Å². The van der Waals surface area contributed by atoms with E-state index in [0.717, 1.165) is 40.8 Å². The van der Waals surface area contributed by atoms with Crippen LogP contribution < -0.4 is 24.8 Å². The van der Waals surface area contributed by atoms with Crippen molar-refractivity contribution >= 4 is 29.9 Å². The Balaban J connectivity index is 0.00000363. The van der Waals surface area contributed by atoms with E-state index in [1.807, 2.05) is 31.2 Å². The van der Waals surface area contributed by atoms with E-state index < -0.39 is 0 Å². The van der Waals surface area contributed by atoms with E-state index >= 15 is 0 Å². The minimum absolute atomic E-state index is 0. The lowest BCUT2D eigenvalue weighted by Gasteiger charge is -2.16. The van der Waals surface area contributed by atoms with Crippen molar-refractivity contribution < 1.29 is 18.9 Å². The number of nitrogens with zero attached hydrogens (tertiary/aromatic N) is 1. The first-order valence-electron chi connectivity index (χ1n) is 10.7. The molecule has 1 aliphatic heterocycles. The molecule has 32 heavy (non-hydrogen) atoms. The third-order valence-electron chi connectivity index (χ3n) is 4.99. The summed E-state index contributed by atoms with van der Waals surface area (Å²) in [5.74, 6) is 3.40. The van der Waals surface area contributed by atoms with Crippen LogP contribution in [0.15, 0.2) is 41.4 Å². The van der Waals surface area contributed by atoms with Gasteiger partial charge < -0.3 is 29.6 Å². The van der Waals surface area contributed by atoms with Crippen LogP contribution in [0.5, 0.6) is 17.2 Å². The lowest BCUT2D eigenvalue weighted by Crippen LogP contribution is -2.36. The Hall–Kier alpha value is -2.20. The van der Waals surface area contributed by atoms with Crippen LogP contribution in [0.2, 0.25) is 0 Å². The van der Waals surface area contributed by atoms with Gasteiger partial charge in [-0.2, -0.15) is 0 Å². The zero-order valence-electron chi connectivity index (χ0n) is 19.3. The Bertz CT molecular complexity index is 874. The number of rotatable bonds is 10. The fourth-order valence-corrected chi connectivity index (χ4v) is 3.44. The van der Waals surface area contributed by atoms with Gasteiger partial charge >= 0.3 is 0 Å². The second kappa shape index (κ2) is 13.4. The molecule has 0 spiro atoms. The molecule has 0 saturated carbocycles. The van der Waals surface area contributed by atoms with Gasteiger partial charge in [-0.15, -0.1) is 24.0 Å². The summed E-state index contributed by atoms with van der Waals surface area (Å²) >= 11 is 0. The molecular weight excluding hydrogens is 521 g/mol. The van der Waals surface area contributed by atoms with Crippen molar-refractivity contribution in [2.45, 2.75) is 39.5 Å². The van der Waals surface area contributed by atoms with Crippen molar-refractivity contribution in [1.82, 2.24) is 10.6 Å². The predicted octanol–water partition coefficient (Wildman–Crippen LogP) is 3.92. The van der Waals surface area contributed by atoms with E-state index in [1.165, 1.54) is 5.56 Å². The van der Waals surface area contributed by atoms with Gasteiger partial charge in [-0.1, -0.05) is 12.1 Å². The quantitative estimate of drug-likeness (QED) is 0.201. The van der Waals surface area contributed by atoms with Crippen molar-refractivity contribution in [3.05, 3.63) is 53.1 Å². The molecule has 2 aromatic carbocycles. The molecule has 1 heterocycles. The molecule has 0 radical (unpaired) electrons. The van der Waals surface area contributed by atoms with Crippen LogP contribution in [0.1, 0.15) is 30.5 Å². The van der Waals surface area contributed by atoms with Crippen LogP contribution in [0.3, 0.4) is 0 Å². The molecule has 2 N–H and O–H groups in total. The number of halogens is 1. The summed E-state index contributed by atoms with van der Waals surface area (Å²) in [5.41, 5.74) is 3.39. The molecule has 7 nitrogen and oxygen atoms in total. The van der Waals surface area contributed by atoms with Crippen LogP contribution in [0.25, 0.3) is 0 Å². The van der Waals surface area contributed by atoms with Gasteiger partial charge in [-0.25, -0.2) is 0 Å². The van der Waals surface area contributed by atoms with E-state index in [9.17, 15) is 0 Å². The highest BCUT2D eigenvalue weighted by Crippen LogP contribution is 2.35. The molecule has 0 fully saturated rings. The van der Waals surface area contributed by atoms with Gasteiger partial charge in [0.25, 0.3) is 0 Å². The van der Waals surface area contributed by atoms with Crippen LogP contribution in [-0.2, 0) is 24.2 Å². The molecule has 3 rings (SSSR count). The first kappa shape index (κ1) is 26.1. The van der Waals surface area contributed by atoms with Gasteiger partial charge in [0, 0.05) is 44.8 Å². The minimum Gasteiger partial charge on any atom is -0.494 e. The van der Waals surface area contributed by atoms with Crippen molar-refractivity contribution in [1.29, 1.82) is 0 Å². The molecule has 1 unspecified atom stereocenters. The summed E-state index contributed by atoms with van der Waals surface area (Å²) in [6.45, 7) is 7.07. The number of guanidine groups is 1. The third kappa shape index (κ3) is 7.44. The van der Waals surface area contributed by atoms with Gasteiger partial charge in [0.05, 0.1) is 13.2 Å². The van der Waals surface area contributed by atoms with Crippen molar-refractivity contribution in [2.24, 2.45) is 4.99 Å². The van der Waals surface area contributed by atoms with Gasteiger partial charge in [0.15, 0.2) is 5.96 Å². The molecule has 0 aliphatic carbocycles. The van der Waals surface area contributed by atoms with Gasteiger partial charge in [0.1, 0.15) is 30.0 Å². The molecule has 0 saturated heterocycles. The maximum atomic E-state index is 5.91. The number of fused-ring (bicyclic) bond motifs is 1. The van der Waals surface area contributed by atoms with Gasteiger partial charge in [-0.3, -0.25) is 4.99 Å². The number of hydrogen-bond donors (Lipinski definition) is 2.